The fraction of sp³-hybridized carbons (Fsp3) is 0.200. The van der Waals surface area contributed by atoms with Gasteiger partial charge in [-0.05, 0) is 30.7 Å². The molecule has 1 unspecified atom stereocenters. The second-order valence-electron chi connectivity index (χ2n) is 6.41. The molecule has 140 valence electrons. The molecule has 3 heterocycles. The maximum Gasteiger partial charge on any atom is 0.264 e. The van der Waals surface area contributed by atoms with Gasteiger partial charge in [0.25, 0.3) is 5.56 Å². The number of rotatable bonds is 4. The summed E-state index contributed by atoms with van der Waals surface area (Å²) in [4.78, 5) is 23.7. The number of terminal acetylenes is 1. The summed E-state index contributed by atoms with van der Waals surface area (Å²) in [5.74, 6) is 3.82. The van der Waals surface area contributed by atoms with Gasteiger partial charge in [-0.1, -0.05) is 18.1 Å². The number of hydrogen-bond donors (Lipinski definition) is 2. The van der Waals surface area contributed by atoms with E-state index in [1.54, 1.807) is 6.07 Å². The number of carbonyl (C=O) groups is 1. The van der Waals surface area contributed by atoms with Crippen LogP contribution in [0.3, 0.4) is 0 Å². The molecule has 1 amide bonds. The highest BCUT2D eigenvalue weighted by Crippen LogP contribution is 2.40. The normalized spacial score (nSPS) is 15.4. The highest BCUT2D eigenvalue weighted by atomic mass is 16.5. The molecule has 1 aromatic carbocycles. The van der Waals surface area contributed by atoms with Crippen molar-refractivity contribution in [3.05, 3.63) is 63.6 Å². The lowest BCUT2D eigenvalue weighted by atomic mass is 9.86. The second kappa shape index (κ2) is 7.04. The number of aromatic amines is 1. The first-order valence-corrected chi connectivity index (χ1v) is 8.68. The van der Waals surface area contributed by atoms with Crippen molar-refractivity contribution in [1.29, 1.82) is 0 Å². The zero-order valence-corrected chi connectivity index (χ0v) is 15.1. The molecule has 4 rings (SSSR count). The molecule has 1 atom stereocenters. The minimum Gasteiger partial charge on any atom is -0.481 e. The SMILES string of the molecule is C#CCOc1ccc(C2CC(=O)Nc3c2c(C)nn3-c2ccc(=O)[nH]n2)cc1. The number of ether oxygens (including phenoxy) is 1. The van der Waals surface area contributed by atoms with E-state index in [9.17, 15) is 9.59 Å². The monoisotopic (exact) mass is 375 g/mol. The summed E-state index contributed by atoms with van der Waals surface area (Å²) in [6.07, 6.45) is 5.52. The predicted octanol–water partition coefficient (Wildman–Crippen LogP) is 1.75. The molecule has 1 aliphatic rings. The van der Waals surface area contributed by atoms with Gasteiger partial charge in [-0.3, -0.25) is 9.59 Å². The standard InChI is InChI=1S/C20H17N5O3/c1-3-10-28-14-6-4-13(5-7-14)15-11-18(27)21-20-19(15)12(2)24-25(20)16-8-9-17(26)23-22-16/h1,4-9,15H,10-11H2,2H3,(H,21,27)(H,23,26). The van der Waals surface area contributed by atoms with Gasteiger partial charge in [-0.2, -0.15) is 14.9 Å². The smallest absolute Gasteiger partial charge is 0.264 e. The third kappa shape index (κ3) is 3.14. The van der Waals surface area contributed by atoms with Crippen LogP contribution in [-0.4, -0.2) is 32.5 Å². The molecular formula is C20H17N5O3. The fourth-order valence-electron chi connectivity index (χ4n) is 3.37. The summed E-state index contributed by atoms with van der Waals surface area (Å²) >= 11 is 0. The van der Waals surface area contributed by atoms with Crippen molar-refractivity contribution in [3.8, 4) is 23.9 Å². The van der Waals surface area contributed by atoms with Crippen LogP contribution in [0, 0.1) is 19.3 Å². The maximum absolute atomic E-state index is 12.4. The number of fused-ring (bicyclic) bond motifs is 1. The minimum atomic E-state index is -0.310. The molecule has 0 bridgehead atoms. The Balaban J connectivity index is 1.75. The van der Waals surface area contributed by atoms with Gasteiger partial charge in [-0.25, -0.2) is 5.10 Å². The molecule has 2 aromatic heterocycles. The molecular weight excluding hydrogens is 358 g/mol. The van der Waals surface area contributed by atoms with Gasteiger partial charge in [-0.15, -0.1) is 6.42 Å². The van der Waals surface area contributed by atoms with Crippen LogP contribution in [0.4, 0.5) is 5.82 Å². The molecule has 8 nitrogen and oxygen atoms in total. The van der Waals surface area contributed by atoms with Gasteiger partial charge in [0, 0.05) is 24.0 Å². The van der Waals surface area contributed by atoms with Crippen LogP contribution in [0.1, 0.15) is 29.2 Å². The van der Waals surface area contributed by atoms with Gasteiger partial charge < -0.3 is 10.1 Å². The van der Waals surface area contributed by atoms with Crippen LogP contribution >= 0.6 is 0 Å². The van der Waals surface area contributed by atoms with Crippen molar-refractivity contribution < 1.29 is 9.53 Å². The Morgan fingerprint density at radius 1 is 1.25 bits per heavy atom. The highest BCUT2D eigenvalue weighted by molar-refractivity contribution is 5.95. The molecule has 3 aromatic rings. The van der Waals surface area contributed by atoms with Crippen molar-refractivity contribution in [2.75, 3.05) is 11.9 Å². The van der Waals surface area contributed by atoms with Crippen molar-refractivity contribution >= 4 is 11.7 Å². The first-order valence-electron chi connectivity index (χ1n) is 8.68. The first-order chi connectivity index (χ1) is 13.6. The average molecular weight is 375 g/mol. The summed E-state index contributed by atoms with van der Waals surface area (Å²) in [5, 5.41) is 13.8. The lowest BCUT2D eigenvalue weighted by Gasteiger charge is -2.24. The molecule has 0 spiro atoms. The quantitative estimate of drug-likeness (QED) is 0.677. The fourth-order valence-corrected chi connectivity index (χ4v) is 3.37. The van der Waals surface area contributed by atoms with E-state index in [1.165, 1.54) is 10.7 Å². The van der Waals surface area contributed by atoms with Crippen LogP contribution in [0.5, 0.6) is 5.75 Å². The number of H-pyrrole nitrogens is 1. The van der Waals surface area contributed by atoms with E-state index >= 15 is 0 Å². The highest BCUT2D eigenvalue weighted by Gasteiger charge is 2.32. The van der Waals surface area contributed by atoms with Crippen molar-refractivity contribution in [1.82, 2.24) is 20.0 Å². The van der Waals surface area contributed by atoms with Gasteiger partial charge >= 0.3 is 0 Å². The lowest BCUT2D eigenvalue weighted by Crippen LogP contribution is -2.25. The summed E-state index contributed by atoms with van der Waals surface area (Å²) in [6.45, 7) is 2.09. The molecule has 0 saturated carbocycles. The Hall–Kier alpha value is -3.86. The Morgan fingerprint density at radius 2 is 2.04 bits per heavy atom. The van der Waals surface area contributed by atoms with Gasteiger partial charge in [0.05, 0.1) is 5.69 Å². The maximum atomic E-state index is 12.4. The summed E-state index contributed by atoms with van der Waals surface area (Å²) in [7, 11) is 0. The number of carbonyl (C=O) groups excluding carboxylic acids is 1. The number of hydrogen-bond acceptors (Lipinski definition) is 5. The number of aromatic nitrogens is 4. The first kappa shape index (κ1) is 17.5. The van der Waals surface area contributed by atoms with Crippen LogP contribution < -0.4 is 15.6 Å². The number of anilines is 1. The van der Waals surface area contributed by atoms with E-state index in [-0.39, 0.29) is 24.0 Å². The van der Waals surface area contributed by atoms with E-state index in [0.717, 1.165) is 16.8 Å². The van der Waals surface area contributed by atoms with E-state index in [0.29, 0.717) is 23.8 Å². The number of benzene rings is 1. The molecule has 2 N–H and O–H groups in total. The molecule has 0 fully saturated rings. The average Bonchev–Trinajstić information content (AvgIpc) is 3.03. The van der Waals surface area contributed by atoms with Crippen LogP contribution in [-0.2, 0) is 4.79 Å². The number of nitrogens with zero attached hydrogens (tertiary/aromatic N) is 3. The zero-order valence-electron chi connectivity index (χ0n) is 15.1. The van der Waals surface area contributed by atoms with E-state index in [4.69, 9.17) is 11.2 Å². The molecule has 8 heteroatoms. The predicted molar refractivity (Wildman–Crippen MR) is 103 cm³/mol. The van der Waals surface area contributed by atoms with Crippen LogP contribution in [0.25, 0.3) is 5.82 Å². The lowest BCUT2D eigenvalue weighted by molar-refractivity contribution is -0.116. The second-order valence-corrected chi connectivity index (χ2v) is 6.41. The van der Waals surface area contributed by atoms with Crippen molar-refractivity contribution in [3.63, 3.8) is 0 Å². The summed E-state index contributed by atoms with van der Waals surface area (Å²) in [6, 6.07) is 10.4. The van der Waals surface area contributed by atoms with E-state index in [1.807, 2.05) is 31.2 Å². The molecule has 1 aliphatic heterocycles. The topological polar surface area (TPSA) is 102 Å². The van der Waals surface area contributed by atoms with E-state index < -0.39 is 0 Å². The molecule has 0 radical (unpaired) electrons. The van der Waals surface area contributed by atoms with Gasteiger partial charge in [0.1, 0.15) is 18.2 Å². The van der Waals surface area contributed by atoms with Gasteiger partial charge in [0.15, 0.2) is 5.82 Å². The largest absolute Gasteiger partial charge is 0.481 e. The third-order valence-electron chi connectivity index (χ3n) is 4.59. The third-order valence-corrected chi connectivity index (χ3v) is 4.59. The molecule has 0 aliphatic carbocycles. The minimum absolute atomic E-state index is 0.115. The Kier molecular flexibility index (Phi) is 4.41. The van der Waals surface area contributed by atoms with Gasteiger partial charge in [0.2, 0.25) is 5.91 Å². The number of amides is 1. The Morgan fingerprint density at radius 3 is 2.71 bits per heavy atom. The zero-order chi connectivity index (χ0) is 19.7. The number of nitrogens with one attached hydrogen (secondary N) is 2. The van der Waals surface area contributed by atoms with E-state index in [2.05, 4.69) is 26.5 Å². The number of aryl methyl sites for hydroxylation is 1. The summed E-state index contributed by atoms with van der Waals surface area (Å²) in [5.41, 5.74) is 2.36. The van der Waals surface area contributed by atoms with Crippen LogP contribution in [0.2, 0.25) is 0 Å². The molecule has 0 saturated heterocycles. The molecule has 28 heavy (non-hydrogen) atoms. The Bertz CT molecular complexity index is 1120. The Labute approximate surface area is 160 Å². The van der Waals surface area contributed by atoms with Crippen molar-refractivity contribution in [2.24, 2.45) is 0 Å². The summed E-state index contributed by atoms with van der Waals surface area (Å²) < 4.78 is 6.95. The van der Waals surface area contributed by atoms with Crippen LogP contribution in [0.15, 0.2) is 41.2 Å². The van der Waals surface area contributed by atoms with Crippen molar-refractivity contribution in [2.45, 2.75) is 19.3 Å².